The number of hydrogen-bond donors (Lipinski definition) is 1. The molecule has 0 saturated carbocycles. The number of carbonyl (C=O) groups is 1. The molecule has 3 aromatic heterocycles. The zero-order chi connectivity index (χ0) is 33.6. The van der Waals surface area contributed by atoms with Gasteiger partial charge in [0.05, 0.1) is 24.2 Å². The summed E-state index contributed by atoms with van der Waals surface area (Å²) in [7, 11) is 0. The molecule has 3 aromatic rings. The molecule has 6 heterocycles. The van der Waals surface area contributed by atoms with E-state index in [9.17, 15) is 10.1 Å². The van der Waals surface area contributed by atoms with E-state index in [4.69, 9.17) is 29.9 Å². The van der Waals surface area contributed by atoms with Crippen LogP contribution in [0, 0.1) is 16.7 Å². The number of aromatic nitrogens is 4. The van der Waals surface area contributed by atoms with E-state index in [1.165, 1.54) is 17.4 Å². The minimum absolute atomic E-state index is 0.0605. The Kier molecular flexibility index (Phi) is 8.63. The number of anilines is 3. The predicted molar refractivity (Wildman–Crippen MR) is 184 cm³/mol. The fourth-order valence-corrected chi connectivity index (χ4v) is 8.94. The van der Waals surface area contributed by atoms with Crippen molar-refractivity contribution in [1.29, 1.82) is 5.26 Å². The molecule has 0 spiro atoms. The summed E-state index contributed by atoms with van der Waals surface area (Å²) in [5.41, 5.74) is 7.86. The lowest BCUT2D eigenvalue weighted by Gasteiger charge is -2.42. The fraction of sp³-hybridized carbons (Fsp3) is 0.588. The molecular weight excluding hydrogens is 629 g/mol. The van der Waals surface area contributed by atoms with Crippen molar-refractivity contribution in [3.05, 3.63) is 40.6 Å². The molecule has 7 rings (SSSR count). The third-order valence-corrected chi connectivity index (χ3v) is 11.4. The topological polar surface area (TPSA) is 154 Å². The summed E-state index contributed by atoms with van der Waals surface area (Å²) in [6, 6.07) is 4.42. The first-order chi connectivity index (χ1) is 23.1. The third-order valence-electron chi connectivity index (χ3n) is 10.4. The highest BCUT2D eigenvalue weighted by Gasteiger charge is 2.43. The van der Waals surface area contributed by atoms with E-state index in [0.29, 0.717) is 60.1 Å². The van der Waals surface area contributed by atoms with E-state index in [2.05, 4.69) is 53.3 Å². The van der Waals surface area contributed by atoms with Crippen LogP contribution in [0.2, 0.25) is 0 Å². The summed E-state index contributed by atoms with van der Waals surface area (Å²) in [6.45, 7) is 18.0. The molecule has 0 bridgehead atoms. The van der Waals surface area contributed by atoms with Gasteiger partial charge in [-0.3, -0.25) is 4.79 Å². The van der Waals surface area contributed by atoms with Gasteiger partial charge in [-0.1, -0.05) is 18.7 Å². The Balaban J connectivity index is 1.22. The number of rotatable bonds is 7. The first-order valence-corrected chi connectivity index (χ1v) is 17.7. The molecule has 4 aliphatic rings. The van der Waals surface area contributed by atoms with Crippen LogP contribution < -0.4 is 15.5 Å². The van der Waals surface area contributed by atoms with Crippen molar-refractivity contribution in [2.24, 2.45) is 5.41 Å². The summed E-state index contributed by atoms with van der Waals surface area (Å²) in [6.07, 6.45) is 4.94. The largest absolute Gasteiger partial charge is 0.389 e. The van der Waals surface area contributed by atoms with Gasteiger partial charge in [0.25, 0.3) is 0 Å². The van der Waals surface area contributed by atoms with E-state index in [-0.39, 0.29) is 17.4 Å². The maximum Gasteiger partial charge on any atom is 0.246 e. The summed E-state index contributed by atoms with van der Waals surface area (Å²) in [5, 5.41) is 15.0. The van der Waals surface area contributed by atoms with Crippen LogP contribution in [0.4, 0.5) is 16.8 Å². The first-order valence-electron chi connectivity index (χ1n) is 16.9. The van der Waals surface area contributed by atoms with Crippen molar-refractivity contribution in [2.75, 3.05) is 81.1 Å². The molecule has 1 aliphatic carbocycles. The average molecular weight is 673 g/mol. The number of nitrogens with zero attached hydrogens (tertiary/aromatic N) is 9. The maximum absolute atomic E-state index is 12.3. The Morgan fingerprint density at radius 1 is 1.17 bits per heavy atom. The van der Waals surface area contributed by atoms with E-state index >= 15 is 0 Å². The Morgan fingerprint density at radius 3 is 2.67 bits per heavy atom. The van der Waals surface area contributed by atoms with Crippen LogP contribution in [0.25, 0.3) is 11.5 Å². The number of ether oxygens (including phenoxy) is 1. The summed E-state index contributed by atoms with van der Waals surface area (Å²) in [5.74, 6) is 2.18. The highest BCUT2D eigenvalue weighted by molar-refractivity contribution is 7.16. The number of thiophene rings is 1. The molecule has 13 nitrogen and oxygen atoms in total. The molecule has 2 N–H and O–H groups in total. The molecule has 3 fully saturated rings. The van der Waals surface area contributed by atoms with Crippen LogP contribution in [0.1, 0.15) is 61.9 Å². The van der Waals surface area contributed by atoms with Crippen molar-refractivity contribution < 1.29 is 14.1 Å². The summed E-state index contributed by atoms with van der Waals surface area (Å²) >= 11 is 1.48. The quantitative estimate of drug-likeness (QED) is 0.366. The first kappa shape index (κ1) is 32.5. The highest BCUT2D eigenvalue weighted by atomic mass is 32.1. The van der Waals surface area contributed by atoms with Gasteiger partial charge in [-0.2, -0.15) is 15.2 Å². The third kappa shape index (κ3) is 5.92. The Morgan fingerprint density at radius 2 is 1.96 bits per heavy atom. The second kappa shape index (κ2) is 12.8. The molecule has 3 aliphatic heterocycles. The summed E-state index contributed by atoms with van der Waals surface area (Å²) in [4.78, 5) is 37.4. The molecule has 0 unspecified atom stereocenters. The molecule has 3 saturated heterocycles. The standard InChI is InChI=1S/C34H44N10O3S/c1-5-27(45)43-14-12-42(13-15-43)26-16-24(37-32(38-26)44-11-7-10-41(18-22(44)2)19-33(3)20-46-21-33)30-39-31(47-40-30)34(4)9-6-8-25-28(34)23(17-35)29(36)48-25/h5,16,22H,1,6-15,18-21,36H2,2-4H3/t22-,34-/m0/s1. The van der Waals surface area contributed by atoms with Crippen LogP contribution in [0.5, 0.6) is 0 Å². The molecule has 14 heteroatoms. The zero-order valence-corrected chi connectivity index (χ0v) is 28.9. The number of piperazine rings is 1. The van der Waals surface area contributed by atoms with Crippen LogP contribution in [-0.4, -0.2) is 107 Å². The lowest BCUT2D eigenvalue weighted by atomic mass is 9.72. The zero-order valence-electron chi connectivity index (χ0n) is 28.1. The Labute approximate surface area is 285 Å². The normalized spacial score (nSPS) is 24.4. The number of carbonyl (C=O) groups excluding carboxylic acids is 1. The number of amides is 1. The second-order valence-electron chi connectivity index (χ2n) is 14.2. The number of aryl methyl sites for hydroxylation is 1. The molecule has 1 amide bonds. The SMILES string of the molecule is C=CC(=O)N1CCN(c2cc(-c3noc([C@@]4(C)CCCc5sc(N)c(C#N)c54)n3)nc(N3CCCN(CC4(C)COC4)C[C@@H]3C)n2)CC1. The van der Waals surface area contributed by atoms with Crippen molar-refractivity contribution in [2.45, 2.75) is 57.9 Å². The lowest BCUT2D eigenvalue weighted by Crippen LogP contribution is -2.50. The number of nitriles is 1. The van der Waals surface area contributed by atoms with Gasteiger partial charge in [-0.05, 0) is 52.2 Å². The van der Waals surface area contributed by atoms with Gasteiger partial charge in [0, 0.05) is 73.8 Å². The van der Waals surface area contributed by atoms with Crippen LogP contribution in [0.3, 0.4) is 0 Å². The average Bonchev–Trinajstić information content (AvgIpc) is 3.66. The van der Waals surface area contributed by atoms with Crippen molar-refractivity contribution in [3.8, 4) is 17.6 Å². The fourth-order valence-electron chi connectivity index (χ4n) is 7.74. The van der Waals surface area contributed by atoms with E-state index in [1.54, 1.807) is 0 Å². The molecule has 2 atom stereocenters. The molecule has 0 aromatic carbocycles. The lowest BCUT2D eigenvalue weighted by molar-refractivity contribution is -0.126. The van der Waals surface area contributed by atoms with E-state index < -0.39 is 5.41 Å². The van der Waals surface area contributed by atoms with E-state index in [0.717, 1.165) is 81.3 Å². The summed E-state index contributed by atoms with van der Waals surface area (Å²) < 4.78 is 11.5. The van der Waals surface area contributed by atoms with Gasteiger partial charge in [0.2, 0.25) is 23.6 Å². The van der Waals surface area contributed by atoms with Gasteiger partial charge in [0.15, 0.2) is 0 Å². The molecular formula is C34H44N10O3S. The molecule has 0 radical (unpaired) electrons. The minimum Gasteiger partial charge on any atom is -0.389 e. The van der Waals surface area contributed by atoms with Crippen molar-refractivity contribution in [1.82, 2.24) is 29.9 Å². The van der Waals surface area contributed by atoms with Gasteiger partial charge in [0.1, 0.15) is 22.6 Å². The minimum atomic E-state index is -0.629. The number of nitrogens with two attached hydrogens (primary N) is 1. The highest BCUT2D eigenvalue weighted by Crippen LogP contribution is 2.48. The van der Waals surface area contributed by atoms with Crippen LogP contribution in [-0.2, 0) is 21.4 Å². The van der Waals surface area contributed by atoms with E-state index in [1.807, 2.05) is 11.0 Å². The van der Waals surface area contributed by atoms with Crippen molar-refractivity contribution >= 4 is 34.0 Å². The van der Waals surface area contributed by atoms with Gasteiger partial charge < -0.3 is 34.6 Å². The van der Waals surface area contributed by atoms with Crippen LogP contribution >= 0.6 is 11.3 Å². The second-order valence-corrected chi connectivity index (χ2v) is 15.4. The van der Waals surface area contributed by atoms with Gasteiger partial charge >= 0.3 is 0 Å². The molecule has 254 valence electrons. The van der Waals surface area contributed by atoms with Crippen molar-refractivity contribution in [3.63, 3.8) is 0 Å². The van der Waals surface area contributed by atoms with Gasteiger partial charge in [-0.15, -0.1) is 11.3 Å². The number of nitrogen functional groups attached to an aromatic ring is 1. The van der Waals surface area contributed by atoms with Crippen LogP contribution in [0.15, 0.2) is 23.2 Å². The van der Waals surface area contributed by atoms with Gasteiger partial charge in [-0.25, -0.2) is 4.98 Å². The predicted octanol–water partition coefficient (Wildman–Crippen LogP) is 3.46. The number of fused-ring (bicyclic) bond motifs is 1. The maximum atomic E-state index is 12.3. The number of hydrogen-bond acceptors (Lipinski definition) is 13. The Hall–Kier alpha value is -4.06. The Bertz CT molecular complexity index is 1740. The molecule has 48 heavy (non-hydrogen) atoms. The monoisotopic (exact) mass is 672 g/mol. The smallest absolute Gasteiger partial charge is 0.246 e.